The standard InChI is InChI=1S/C10H11N3O/c1-14-9-4-2-8(3-5-9)10(6-7-10)12-13-11/h2-5H,6-7H2,1H3. The molecule has 4 heteroatoms. The van der Waals surface area contributed by atoms with Gasteiger partial charge in [0.2, 0.25) is 0 Å². The summed E-state index contributed by atoms with van der Waals surface area (Å²) in [5.41, 5.74) is 9.25. The number of ether oxygens (including phenoxy) is 1. The van der Waals surface area contributed by atoms with E-state index in [-0.39, 0.29) is 5.54 Å². The van der Waals surface area contributed by atoms with Crippen LogP contribution in [-0.2, 0) is 5.54 Å². The molecule has 1 saturated carbocycles. The second kappa shape index (κ2) is 3.24. The molecule has 0 unspecified atom stereocenters. The molecule has 72 valence electrons. The summed E-state index contributed by atoms with van der Waals surface area (Å²) < 4.78 is 5.06. The summed E-state index contributed by atoms with van der Waals surface area (Å²) in [5.74, 6) is 0.825. The molecule has 1 aromatic rings. The minimum atomic E-state index is -0.263. The van der Waals surface area contributed by atoms with Crippen molar-refractivity contribution in [2.75, 3.05) is 7.11 Å². The molecule has 1 aliphatic carbocycles. The first-order valence-corrected chi connectivity index (χ1v) is 4.51. The second-order valence-corrected chi connectivity index (χ2v) is 3.45. The number of rotatable bonds is 3. The third-order valence-corrected chi connectivity index (χ3v) is 2.59. The lowest BCUT2D eigenvalue weighted by Crippen LogP contribution is -2.00. The zero-order valence-electron chi connectivity index (χ0n) is 7.97. The van der Waals surface area contributed by atoms with Crippen LogP contribution >= 0.6 is 0 Å². The van der Waals surface area contributed by atoms with E-state index in [1.54, 1.807) is 7.11 Å². The highest BCUT2D eigenvalue weighted by molar-refractivity contribution is 5.35. The zero-order valence-corrected chi connectivity index (χ0v) is 7.97. The number of azide groups is 1. The normalized spacial score (nSPS) is 16.9. The predicted molar refractivity (Wildman–Crippen MR) is 53.1 cm³/mol. The molecule has 14 heavy (non-hydrogen) atoms. The maximum absolute atomic E-state index is 8.44. The summed E-state index contributed by atoms with van der Waals surface area (Å²) in [6.07, 6.45) is 1.90. The second-order valence-electron chi connectivity index (χ2n) is 3.45. The van der Waals surface area contributed by atoms with Gasteiger partial charge in [0.15, 0.2) is 0 Å². The van der Waals surface area contributed by atoms with Gasteiger partial charge in [-0.25, -0.2) is 0 Å². The van der Waals surface area contributed by atoms with Gasteiger partial charge in [-0.3, -0.25) is 0 Å². The minimum absolute atomic E-state index is 0.263. The highest BCUT2D eigenvalue weighted by atomic mass is 16.5. The van der Waals surface area contributed by atoms with Crippen LogP contribution in [0.15, 0.2) is 29.4 Å². The molecule has 0 atom stereocenters. The van der Waals surface area contributed by atoms with Crippen molar-refractivity contribution in [3.05, 3.63) is 40.3 Å². The molecule has 4 nitrogen and oxygen atoms in total. The van der Waals surface area contributed by atoms with Gasteiger partial charge in [-0.2, -0.15) is 0 Å². The quantitative estimate of drug-likeness (QED) is 0.409. The molecule has 2 rings (SSSR count). The van der Waals surface area contributed by atoms with Gasteiger partial charge < -0.3 is 4.74 Å². The smallest absolute Gasteiger partial charge is 0.118 e. The number of benzene rings is 1. The number of hydrogen-bond acceptors (Lipinski definition) is 2. The predicted octanol–water partition coefficient (Wildman–Crippen LogP) is 2.99. The van der Waals surface area contributed by atoms with Gasteiger partial charge in [0.25, 0.3) is 0 Å². The van der Waals surface area contributed by atoms with Gasteiger partial charge in [0, 0.05) is 4.91 Å². The zero-order chi connectivity index (χ0) is 10.0. The van der Waals surface area contributed by atoms with Crippen molar-refractivity contribution >= 4 is 0 Å². The molecule has 1 fully saturated rings. The van der Waals surface area contributed by atoms with Crippen LogP contribution < -0.4 is 4.74 Å². The van der Waals surface area contributed by atoms with E-state index in [0.29, 0.717) is 0 Å². The van der Waals surface area contributed by atoms with E-state index in [1.807, 2.05) is 24.3 Å². The van der Waals surface area contributed by atoms with Gasteiger partial charge in [-0.05, 0) is 36.1 Å². The first-order chi connectivity index (χ1) is 6.80. The van der Waals surface area contributed by atoms with E-state index >= 15 is 0 Å². The Morgan fingerprint density at radius 3 is 2.43 bits per heavy atom. The molecule has 0 spiro atoms. The van der Waals surface area contributed by atoms with Crippen molar-refractivity contribution in [1.29, 1.82) is 0 Å². The van der Waals surface area contributed by atoms with Crippen LogP contribution in [0.2, 0.25) is 0 Å². The SMILES string of the molecule is COc1ccc(C2(N=[N+]=[N-])CC2)cc1. The summed E-state index contributed by atoms with van der Waals surface area (Å²) in [4.78, 5) is 2.88. The molecule has 0 N–H and O–H groups in total. The van der Waals surface area contributed by atoms with Crippen LogP contribution in [0.4, 0.5) is 0 Å². The highest BCUT2D eigenvalue weighted by Gasteiger charge is 2.43. The fourth-order valence-electron chi connectivity index (χ4n) is 1.55. The van der Waals surface area contributed by atoms with Crippen molar-refractivity contribution < 1.29 is 4.74 Å². The summed E-state index contributed by atoms with van der Waals surface area (Å²) in [6.45, 7) is 0. The van der Waals surface area contributed by atoms with Gasteiger partial charge >= 0.3 is 0 Å². The molecule has 0 radical (unpaired) electrons. The van der Waals surface area contributed by atoms with E-state index in [4.69, 9.17) is 10.3 Å². The fourth-order valence-corrected chi connectivity index (χ4v) is 1.55. The molecule has 0 aromatic heterocycles. The Labute approximate surface area is 82.1 Å². The maximum Gasteiger partial charge on any atom is 0.118 e. The van der Waals surface area contributed by atoms with Crippen molar-refractivity contribution in [2.45, 2.75) is 18.4 Å². The maximum atomic E-state index is 8.44. The number of nitrogens with zero attached hydrogens (tertiary/aromatic N) is 3. The molecule has 0 saturated heterocycles. The summed E-state index contributed by atoms with van der Waals surface area (Å²) in [5, 5.41) is 3.83. The Bertz CT molecular complexity index is 375. The van der Waals surface area contributed by atoms with Gasteiger partial charge in [0.05, 0.1) is 12.6 Å². The Kier molecular flexibility index (Phi) is 2.06. The van der Waals surface area contributed by atoms with Crippen molar-refractivity contribution in [3.8, 4) is 5.75 Å². The molecular formula is C10H11N3O. The third-order valence-electron chi connectivity index (χ3n) is 2.59. The van der Waals surface area contributed by atoms with E-state index in [2.05, 4.69) is 10.0 Å². The number of hydrogen-bond donors (Lipinski definition) is 0. The number of methoxy groups -OCH3 is 1. The van der Waals surface area contributed by atoms with Crippen molar-refractivity contribution in [1.82, 2.24) is 0 Å². The van der Waals surface area contributed by atoms with E-state index in [1.165, 1.54) is 0 Å². The summed E-state index contributed by atoms with van der Waals surface area (Å²) >= 11 is 0. The van der Waals surface area contributed by atoms with Crippen LogP contribution in [0, 0.1) is 0 Å². The van der Waals surface area contributed by atoms with Crippen LogP contribution in [0.5, 0.6) is 5.75 Å². The average Bonchev–Trinajstić information content (AvgIpc) is 3.00. The van der Waals surface area contributed by atoms with Gasteiger partial charge in [-0.1, -0.05) is 17.2 Å². The highest BCUT2D eigenvalue weighted by Crippen LogP contribution is 2.49. The van der Waals surface area contributed by atoms with Crippen LogP contribution in [0.3, 0.4) is 0 Å². The largest absolute Gasteiger partial charge is 0.497 e. The first-order valence-electron chi connectivity index (χ1n) is 4.51. The third kappa shape index (κ3) is 1.40. The molecule has 1 aliphatic rings. The Balaban J connectivity index is 2.29. The topological polar surface area (TPSA) is 58.0 Å². The molecule has 0 amide bonds. The monoisotopic (exact) mass is 189 g/mol. The minimum Gasteiger partial charge on any atom is -0.497 e. The molecule has 0 heterocycles. The Morgan fingerprint density at radius 1 is 1.36 bits per heavy atom. The Morgan fingerprint density at radius 2 is 2.00 bits per heavy atom. The lowest BCUT2D eigenvalue weighted by atomic mass is 10.1. The molecule has 0 aliphatic heterocycles. The first kappa shape index (κ1) is 8.91. The molecule has 1 aromatic carbocycles. The Hall–Kier alpha value is -1.67. The van der Waals surface area contributed by atoms with E-state index in [0.717, 1.165) is 24.2 Å². The average molecular weight is 189 g/mol. The summed E-state index contributed by atoms with van der Waals surface area (Å²) in [6, 6.07) is 7.70. The van der Waals surface area contributed by atoms with Crippen molar-refractivity contribution in [3.63, 3.8) is 0 Å². The molecule has 0 bridgehead atoms. The lowest BCUT2D eigenvalue weighted by molar-refractivity contribution is 0.414. The van der Waals surface area contributed by atoms with Gasteiger partial charge in [-0.15, -0.1) is 0 Å². The van der Waals surface area contributed by atoms with Crippen LogP contribution in [-0.4, -0.2) is 7.11 Å². The van der Waals surface area contributed by atoms with E-state index in [9.17, 15) is 0 Å². The van der Waals surface area contributed by atoms with Crippen LogP contribution in [0.25, 0.3) is 10.4 Å². The summed E-state index contributed by atoms with van der Waals surface area (Å²) in [7, 11) is 1.63. The van der Waals surface area contributed by atoms with Crippen LogP contribution in [0.1, 0.15) is 18.4 Å². The molecular weight excluding hydrogens is 178 g/mol. The van der Waals surface area contributed by atoms with Gasteiger partial charge in [0.1, 0.15) is 5.75 Å². The fraction of sp³-hybridized carbons (Fsp3) is 0.400. The lowest BCUT2D eigenvalue weighted by Gasteiger charge is -2.08. The van der Waals surface area contributed by atoms with E-state index < -0.39 is 0 Å². The van der Waals surface area contributed by atoms with Crippen molar-refractivity contribution in [2.24, 2.45) is 5.11 Å².